The van der Waals surface area contributed by atoms with E-state index >= 15 is 0 Å². The van der Waals surface area contributed by atoms with Gasteiger partial charge >= 0.3 is 0 Å². The van der Waals surface area contributed by atoms with E-state index in [2.05, 4.69) is 20.2 Å². The lowest BCUT2D eigenvalue weighted by molar-refractivity contribution is 0.437. The number of thiophene rings is 1. The van der Waals surface area contributed by atoms with E-state index in [1.54, 1.807) is 22.0 Å². The maximum Gasteiger partial charge on any atom is 0.211 e. The van der Waals surface area contributed by atoms with Gasteiger partial charge in [-0.1, -0.05) is 23.7 Å². The molecule has 4 rings (SSSR count). The molecule has 3 heterocycles. The number of aromatic nitrogens is 2. The quantitative estimate of drug-likeness (QED) is 0.646. The van der Waals surface area contributed by atoms with Crippen molar-refractivity contribution in [1.29, 1.82) is 0 Å². The van der Waals surface area contributed by atoms with Crippen LogP contribution in [0.1, 0.15) is 6.42 Å². The van der Waals surface area contributed by atoms with Crippen LogP contribution < -0.4 is 4.90 Å². The number of rotatable bonds is 3. The molecule has 1 aliphatic rings. The van der Waals surface area contributed by atoms with Gasteiger partial charge in [-0.15, -0.1) is 11.3 Å². The number of halogens is 1. The highest BCUT2D eigenvalue weighted by atomic mass is 35.5. The number of sulfonamides is 1. The number of benzene rings is 1. The van der Waals surface area contributed by atoms with Gasteiger partial charge < -0.3 is 4.90 Å². The molecule has 3 aromatic rings. The molecule has 6 nitrogen and oxygen atoms in total. The second kappa shape index (κ2) is 7.35. The summed E-state index contributed by atoms with van der Waals surface area (Å²) in [6.07, 6.45) is 3.61. The van der Waals surface area contributed by atoms with Gasteiger partial charge in [0.15, 0.2) is 0 Å². The van der Waals surface area contributed by atoms with Crippen LogP contribution in [0.15, 0.2) is 36.0 Å². The zero-order valence-corrected chi connectivity index (χ0v) is 17.2. The molecule has 1 saturated heterocycles. The Morgan fingerprint density at radius 1 is 1.07 bits per heavy atom. The summed E-state index contributed by atoms with van der Waals surface area (Å²) in [4.78, 5) is 12.1. The lowest BCUT2D eigenvalue weighted by Gasteiger charge is -2.23. The van der Waals surface area contributed by atoms with Gasteiger partial charge in [0.25, 0.3) is 0 Å². The molecule has 142 valence electrons. The highest BCUT2D eigenvalue weighted by Gasteiger charge is 2.24. The van der Waals surface area contributed by atoms with Crippen molar-refractivity contribution >= 4 is 49.0 Å². The van der Waals surface area contributed by atoms with Crippen LogP contribution in [0.5, 0.6) is 0 Å². The molecule has 0 spiro atoms. The molecule has 0 bridgehead atoms. The summed E-state index contributed by atoms with van der Waals surface area (Å²) < 4.78 is 25.3. The fourth-order valence-electron chi connectivity index (χ4n) is 3.38. The minimum atomic E-state index is -3.18. The molecule has 0 N–H and O–H groups in total. The van der Waals surface area contributed by atoms with Crippen LogP contribution in [0.2, 0.25) is 5.02 Å². The van der Waals surface area contributed by atoms with E-state index in [9.17, 15) is 8.42 Å². The third-order valence-electron chi connectivity index (χ3n) is 4.73. The maximum absolute atomic E-state index is 11.9. The molecular formula is C18H19ClN4O2S2. The van der Waals surface area contributed by atoms with E-state index in [4.69, 9.17) is 11.6 Å². The fourth-order valence-corrected chi connectivity index (χ4v) is 5.29. The first kappa shape index (κ1) is 18.6. The predicted molar refractivity (Wildman–Crippen MR) is 111 cm³/mol. The van der Waals surface area contributed by atoms with Crippen molar-refractivity contribution in [2.75, 3.05) is 37.3 Å². The summed E-state index contributed by atoms with van der Waals surface area (Å²) in [6.45, 7) is 2.37. The molecule has 0 amide bonds. The molecule has 27 heavy (non-hydrogen) atoms. The summed E-state index contributed by atoms with van der Waals surface area (Å²) in [5.41, 5.74) is 2.14. The minimum absolute atomic E-state index is 0.463. The van der Waals surface area contributed by atoms with Crippen molar-refractivity contribution in [3.8, 4) is 11.1 Å². The van der Waals surface area contributed by atoms with Gasteiger partial charge in [0, 0.05) is 42.1 Å². The first-order valence-corrected chi connectivity index (χ1v) is 11.7. The van der Waals surface area contributed by atoms with Gasteiger partial charge in [0.2, 0.25) is 10.0 Å². The maximum atomic E-state index is 11.9. The van der Waals surface area contributed by atoms with Crippen molar-refractivity contribution in [1.82, 2.24) is 14.3 Å². The van der Waals surface area contributed by atoms with Crippen molar-refractivity contribution in [2.45, 2.75) is 6.42 Å². The molecule has 2 aromatic heterocycles. The Hall–Kier alpha value is -1.74. The van der Waals surface area contributed by atoms with Gasteiger partial charge in [0.05, 0.1) is 11.6 Å². The summed E-state index contributed by atoms with van der Waals surface area (Å²) in [6, 6.07) is 7.74. The summed E-state index contributed by atoms with van der Waals surface area (Å²) in [5, 5.41) is 3.80. The monoisotopic (exact) mass is 422 g/mol. The van der Waals surface area contributed by atoms with Gasteiger partial charge in [0.1, 0.15) is 17.0 Å². The minimum Gasteiger partial charge on any atom is -0.355 e. The van der Waals surface area contributed by atoms with Gasteiger partial charge in [-0.3, -0.25) is 0 Å². The molecule has 0 atom stereocenters. The van der Waals surface area contributed by atoms with Crippen LogP contribution >= 0.6 is 22.9 Å². The Labute approximate surface area is 167 Å². The van der Waals surface area contributed by atoms with Crippen LogP contribution in [0.25, 0.3) is 21.3 Å². The van der Waals surface area contributed by atoms with Crippen molar-refractivity contribution in [3.63, 3.8) is 0 Å². The zero-order valence-electron chi connectivity index (χ0n) is 14.8. The Kier molecular flexibility index (Phi) is 5.07. The van der Waals surface area contributed by atoms with Crippen LogP contribution in [0, 0.1) is 0 Å². The van der Waals surface area contributed by atoms with Crippen LogP contribution in [0.3, 0.4) is 0 Å². The second-order valence-corrected chi connectivity index (χ2v) is 9.81. The van der Waals surface area contributed by atoms with Crippen LogP contribution in [0.4, 0.5) is 5.82 Å². The van der Waals surface area contributed by atoms with Crippen molar-refractivity contribution in [2.24, 2.45) is 0 Å². The SMILES string of the molecule is CS(=O)(=O)N1CCCN(c2ncnc3scc(-c4ccc(Cl)cc4)c23)CC1. The van der Waals surface area contributed by atoms with E-state index in [0.29, 0.717) is 24.7 Å². The summed E-state index contributed by atoms with van der Waals surface area (Å²) >= 11 is 7.61. The highest BCUT2D eigenvalue weighted by Crippen LogP contribution is 2.38. The smallest absolute Gasteiger partial charge is 0.211 e. The van der Waals surface area contributed by atoms with Crippen molar-refractivity contribution in [3.05, 3.63) is 41.0 Å². The molecule has 9 heteroatoms. The molecular weight excluding hydrogens is 404 g/mol. The molecule has 0 aliphatic carbocycles. The molecule has 0 unspecified atom stereocenters. The topological polar surface area (TPSA) is 66.4 Å². The molecule has 1 fully saturated rings. The Balaban J connectivity index is 1.74. The number of hydrogen-bond donors (Lipinski definition) is 0. The number of anilines is 1. The first-order valence-electron chi connectivity index (χ1n) is 8.62. The Bertz CT molecular complexity index is 1070. The van der Waals surface area contributed by atoms with Crippen molar-refractivity contribution < 1.29 is 8.42 Å². The molecule has 1 aliphatic heterocycles. The van der Waals surface area contributed by atoms with Gasteiger partial charge in [-0.25, -0.2) is 22.7 Å². The molecule has 1 aromatic carbocycles. The van der Waals surface area contributed by atoms with Gasteiger partial charge in [-0.05, 0) is 24.1 Å². The van der Waals surface area contributed by atoms with Crippen LogP contribution in [-0.4, -0.2) is 55.1 Å². The van der Waals surface area contributed by atoms with E-state index in [0.717, 1.165) is 40.1 Å². The third-order valence-corrected chi connectivity index (χ3v) is 7.17. The van der Waals surface area contributed by atoms with E-state index < -0.39 is 10.0 Å². The molecule has 0 radical (unpaired) electrons. The number of hydrogen-bond acceptors (Lipinski definition) is 6. The number of fused-ring (bicyclic) bond motifs is 1. The van der Waals surface area contributed by atoms with Crippen LogP contribution in [-0.2, 0) is 10.0 Å². The van der Waals surface area contributed by atoms with Gasteiger partial charge in [-0.2, -0.15) is 0 Å². The largest absolute Gasteiger partial charge is 0.355 e. The second-order valence-electron chi connectivity index (χ2n) is 6.54. The van der Waals surface area contributed by atoms with E-state index in [-0.39, 0.29) is 0 Å². The summed E-state index contributed by atoms with van der Waals surface area (Å²) in [5.74, 6) is 0.863. The average Bonchev–Trinajstić information content (AvgIpc) is 2.90. The fraction of sp³-hybridized carbons (Fsp3) is 0.333. The molecule has 0 saturated carbocycles. The lowest BCUT2D eigenvalue weighted by Crippen LogP contribution is -2.34. The zero-order chi connectivity index (χ0) is 19.0. The lowest BCUT2D eigenvalue weighted by atomic mass is 10.1. The van der Waals surface area contributed by atoms with E-state index in [1.165, 1.54) is 6.26 Å². The average molecular weight is 423 g/mol. The number of nitrogens with zero attached hydrogens (tertiary/aromatic N) is 4. The van der Waals surface area contributed by atoms with E-state index in [1.807, 2.05) is 24.3 Å². The third kappa shape index (κ3) is 3.80. The Morgan fingerprint density at radius 2 is 1.85 bits per heavy atom. The standard InChI is InChI=1S/C18H19ClN4O2S2/c1-27(24,25)23-8-2-7-22(9-10-23)17-16-15(11-26-18(16)21-12-20-17)13-3-5-14(19)6-4-13/h3-6,11-12H,2,7-10H2,1H3. The normalized spacial score (nSPS) is 16.6. The predicted octanol–water partition coefficient (Wildman–Crippen LogP) is 3.48. The Morgan fingerprint density at radius 3 is 2.59 bits per heavy atom. The highest BCUT2D eigenvalue weighted by molar-refractivity contribution is 7.88. The first-order chi connectivity index (χ1) is 12.9. The summed E-state index contributed by atoms with van der Waals surface area (Å²) in [7, 11) is -3.18.